The molecule has 2 heterocycles. The Hall–Kier alpha value is -0.630. The van der Waals surface area contributed by atoms with Crippen LogP contribution in [0.5, 0.6) is 0 Å². The summed E-state index contributed by atoms with van der Waals surface area (Å²) in [5.74, 6) is 0. The number of nitrogens with zero attached hydrogens (tertiary/aromatic N) is 3. The van der Waals surface area contributed by atoms with Crippen molar-refractivity contribution in [1.82, 2.24) is 15.5 Å². The first-order valence-corrected chi connectivity index (χ1v) is 8.63. The molecule has 0 radical (unpaired) electrons. The van der Waals surface area contributed by atoms with Gasteiger partial charge in [-0.3, -0.25) is 0 Å². The highest BCUT2D eigenvalue weighted by Crippen LogP contribution is 2.29. The van der Waals surface area contributed by atoms with Crippen LogP contribution in [0.25, 0.3) is 0 Å². The van der Waals surface area contributed by atoms with E-state index in [2.05, 4.69) is 40.0 Å². The van der Waals surface area contributed by atoms with Crippen LogP contribution < -0.4 is 10.2 Å². The van der Waals surface area contributed by atoms with Crippen LogP contribution in [0.1, 0.15) is 11.8 Å². The number of anilines is 1. The highest BCUT2D eigenvalue weighted by molar-refractivity contribution is 8.01. The number of rotatable bonds is 7. The van der Waals surface area contributed by atoms with Crippen LogP contribution in [0.2, 0.25) is 0 Å². The molecule has 2 aromatic rings. The van der Waals surface area contributed by atoms with Gasteiger partial charge in [-0.25, -0.2) is 0 Å². The summed E-state index contributed by atoms with van der Waals surface area (Å²) in [6.45, 7) is 4.13. The minimum atomic E-state index is 0.489. The van der Waals surface area contributed by atoms with Crippen LogP contribution in [-0.4, -0.2) is 36.1 Å². The predicted octanol–water partition coefficient (Wildman–Crippen LogP) is 2.94. The number of aromatic nitrogens is 2. The van der Waals surface area contributed by atoms with Crippen LogP contribution in [0, 0.1) is 0 Å². The lowest BCUT2D eigenvalue weighted by atomic mass is 10.4. The molecular formula is C12H18N4S3. The third-order valence-electron chi connectivity index (χ3n) is 2.39. The molecule has 2 rings (SSSR count). The first kappa shape index (κ1) is 14.8. The summed E-state index contributed by atoms with van der Waals surface area (Å²) in [7, 11) is 3.97. The average Bonchev–Trinajstić information content (AvgIpc) is 3.00. The van der Waals surface area contributed by atoms with Crippen molar-refractivity contribution >= 4 is 39.6 Å². The maximum absolute atomic E-state index is 4.20. The first-order chi connectivity index (χ1) is 9.15. The zero-order valence-electron chi connectivity index (χ0n) is 11.3. The van der Waals surface area contributed by atoms with E-state index in [1.807, 2.05) is 19.0 Å². The van der Waals surface area contributed by atoms with Crippen molar-refractivity contribution in [3.05, 3.63) is 22.4 Å². The zero-order valence-corrected chi connectivity index (χ0v) is 13.7. The molecule has 0 fully saturated rings. The van der Waals surface area contributed by atoms with Gasteiger partial charge < -0.3 is 10.2 Å². The standard InChI is InChI=1S/C12H18N4S3/c1-9(7-13-8-10-5-4-6-17-10)18-12-15-14-11(19-12)16(2)3/h4-6,9,13H,7-8H2,1-3H3. The summed E-state index contributed by atoms with van der Waals surface area (Å²) >= 11 is 5.21. The molecule has 0 aliphatic carbocycles. The van der Waals surface area contributed by atoms with Gasteiger partial charge in [0.25, 0.3) is 0 Å². The minimum Gasteiger partial charge on any atom is -0.353 e. The van der Waals surface area contributed by atoms with E-state index in [-0.39, 0.29) is 0 Å². The molecule has 0 aromatic carbocycles. The Kier molecular flexibility index (Phi) is 5.62. The Morgan fingerprint density at radius 3 is 2.89 bits per heavy atom. The van der Waals surface area contributed by atoms with Crippen molar-refractivity contribution in [3.63, 3.8) is 0 Å². The van der Waals surface area contributed by atoms with E-state index < -0.39 is 0 Å². The Morgan fingerprint density at radius 1 is 1.42 bits per heavy atom. The van der Waals surface area contributed by atoms with E-state index in [0.29, 0.717) is 5.25 Å². The molecule has 7 heteroatoms. The molecule has 0 aliphatic rings. The lowest BCUT2D eigenvalue weighted by Gasteiger charge is -2.09. The van der Waals surface area contributed by atoms with Gasteiger partial charge in [0, 0.05) is 37.3 Å². The van der Waals surface area contributed by atoms with E-state index >= 15 is 0 Å². The summed E-state index contributed by atoms with van der Waals surface area (Å²) in [6, 6.07) is 4.24. The number of hydrogen-bond donors (Lipinski definition) is 1. The Morgan fingerprint density at radius 2 is 2.26 bits per heavy atom. The van der Waals surface area contributed by atoms with Gasteiger partial charge in [-0.2, -0.15) is 0 Å². The molecule has 0 spiro atoms. The van der Waals surface area contributed by atoms with Crippen LogP contribution in [0.3, 0.4) is 0 Å². The molecular weight excluding hydrogens is 296 g/mol. The highest BCUT2D eigenvalue weighted by atomic mass is 32.2. The van der Waals surface area contributed by atoms with E-state index in [1.54, 1.807) is 34.4 Å². The molecule has 0 saturated carbocycles. The van der Waals surface area contributed by atoms with Gasteiger partial charge >= 0.3 is 0 Å². The zero-order chi connectivity index (χ0) is 13.7. The summed E-state index contributed by atoms with van der Waals surface area (Å²) in [4.78, 5) is 3.37. The smallest absolute Gasteiger partial charge is 0.208 e. The second-order valence-corrected chi connectivity index (χ2v) is 8.06. The molecule has 19 heavy (non-hydrogen) atoms. The van der Waals surface area contributed by atoms with Gasteiger partial charge in [0.15, 0.2) is 4.34 Å². The third kappa shape index (κ3) is 4.76. The first-order valence-electron chi connectivity index (χ1n) is 6.05. The molecule has 0 aliphatic heterocycles. The van der Waals surface area contributed by atoms with Gasteiger partial charge in [-0.05, 0) is 11.4 Å². The van der Waals surface area contributed by atoms with Crippen molar-refractivity contribution < 1.29 is 0 Å². The fourth-order valence-electron chi connectivity index (χ4n) is 1.46. The lowest BCUT2D eigenvalue weighted by molar-refractivity contribution is 0.690. The van der Waals surface area contributed by atoms with Gasteiger partial charge in [0.2, 0.25) is 5.13 Å². The van der Waals surface area contributed by atoms with Crippen LogP contribution >= 0.6 is 34.4 Å². The molecule has 0 bridgehead atoms. The second kappa shape index (κ2) is 7.23. The Bertz CT molecular complexity index is 481. The highest BCUT2D eigenvalue weighted by Gasteiger charge is 2.10. The molecule has 2 aromatic heterocycles. The molecule has 0 amide bonds. The van der Waals surface area contributed by atoms with Crippen molar-refractivity contribution in [3.8, 4) is 0 Å². The maximum Gasteiger partial charge on any atom is 0.208 e. The fourth-order valence-corrected chi connectivity index (χ4v) is 4.18. The summed E-state index contributed by atoms with van der Waals surface area (Å²) < 4.78 is 1.04. The van der Waals surface area contributed by atoms with Crippen molar-refractivity contribution in [2.45, 2.75) is 23.1 Å². The van der Waals surface area contributed by atoms with Crippen molar-refractivity contribution in [2.24, 2.45) is 0 Å². The molecule has 1 N–H and O–H groups in total. The van der Waals surface area contributed by atoms with E-state index in [9.17, 15) is 0 Å². The number of hydrogen-bond acceptors (Lipinski definition) is 7. The van der Waals surface area contributed by atoms with Gasteiger partial charge in [-0.15, -0.1) is 21.5 Å². The Balaban J connectivity index is 1.72. The molecule has 1 unspecified atom stereocenters. The van der Waals surface area contributed by atoms with Gasteiger partial charge in [0.1, 0.15) is 0 Å². The summed E-state index contributed by atoms with van der Waals surface area (Å²) in [5.41, 5.74) is 0. The predicted molar refractivity (Wildman–Crippen MR) is 85.6 cm³/mol. The molecule has 4 nitrogen and oxygen atoms in total. The normalized spacial score (nSPS) is 12.6. The molecule has 0 saturated heterocycles. The SMILES string of the molecule is CC(CNCc1cccs1)Sc1nnc(N(C)C)s1. The number of nitrogens with one attached hydrogen (secondary N) is 1. The van der Waals surface area contributed by atoms with Crippen LogP contribution in [0.4, 0.5) is 5.13 Å². The van der Waals surface area contributed by atoms with Crippen molar-refractivity contribution in [1.29, 1.82) is 0 Å². The van der Waals surface area contributed by atoms with Gasteiger partial charge in [-0.1, -0.05) is 36.1 Å². The summed E-state index contributed by atoms with van der Waals surface area (Å²) in [5, 5.41) is 15.4. The van der Waals surface area contributed by atoms with Gasteiger partial charge in [0.05, 0.1) is 0 Å². The minimum absolute atomic E-state index is 0.489. The lowest BCUT2D eigenvalue weighted by Crippen LogP contribution is -2.21. The fraction of sp³-hybridized carbons (Fsp3) is 0.500. The second-order valence-electron chi connectivity index (χ2n) is 4.38. The topological polar surface area (TPSA) is 41.1 Å². The summed E-state index contributed by atoms with van der Waals surface area (Å²) in [6.07, 6.45) is 0. The number of thioether (sulfide) groups is 1. The maximum atomic E-state index is 4.20. The van der Waals surface area contributed by atoms with Crippen molar-refractivity contribution in [2.75, 3.05) is 25.5 Å². The third-order valence-corrected chi connectivity index (χ3v) is 5.54. The largest absolute Gasteiger partial charge is 0.353 e. The molecule has 104 valence electrons. The Labute approximate surface area is 126 Å². The van der Waals surface area contributed by atoms with Crippen LogP contribution in [0.15, 0.2) is 21.9 Å². The number of thiophene rings is 1. The van der Waals surface area contributed by atoms with E-state index in [4.69, 9.17) is 0 Å². The average molecular weight is 315 g/mol. The quantitative estimate of drug-likeness (QED) is 0.796. The van der Waals surface area contributed by atoms with Crippen LogP contribution in [-0.2, 0) is 6.54 Å². The van der Waals surface area contributed by atoms with E-state index in [1.165, 1.54) is 4.88 Å². The molecule has 1 atom stereocenters. The monoisotopic (exact) mass is 314 g/mol. The van der Waals surface area contributed by atoms with E-state index in [0.717, 1.165) is 22.6 Å².